The van der Waals surface area contributed by atoms with Gasteiger partial charge in [0.1, 0.15) is 5.75 Å². The molecule has 2 aromatic rings. The lowest BCUT2D eigenvalue weighted by atomic mass is 9.86. The van der Waals surface area contributed by atoms with Gasteiger partial charge in [-0.2, -0.15) is 4.98 Å². The van der Waals surface area contributed by atoms with Gasteiger partial charge in [0.25, 0.3) is 0 Å². The van der Waals surface area contributed by atoms with E-state index in [1.54, 1.807) is 0 Å². The van der Waals surface area contributed by atoms with E-state index in [0.29, 0.717) is 18.5 Å². The van der Waals surface area contributed by atoms with Crippen molar-refractivity contribution >= 4 is 17.5 Å². The molecule has 0 bridgehead atoms. The first kappa shape index (κ1) is 25.2. The van der Waals surface area contributed by atoms with Gasteiger partial charge >= 0.3 is 6.01 Å². The zero-order valence-corrected chi connectivity index (χ0v) is 21.1. The van der Waals surface area contributed by atoms with E-state index in [1.165, 1.54) is 11.1 Å². The number of ether oxygens (including phenoxy) is 1. The van der Waals surface area contributed by atoms with Crippen LogP contribution in [0.5, 0.6) is 5.75 Å². The summed E-state index contributed by atoms with van der Waals surface area (Å²) in [6, 6.07) is 8.74. The minimum Gasteiger partial charge on any atom is -0.493 e. The third kappa shape index (κ3) is 6.63. The fourth-order valence-corrected chi connectivity index (χ4v) is 4.60. The van der Waals surface area contributed by atoms with Crippen molar-refractivity contribution in [2.75, 3.05) is 31.2 Å². The molecular formula is C27H38N4O4. The highest BCUT2D eigenvalue weighted by molar-refractivity contribution is 5.80. The SMILES string of the molecule is CC(C)c1noc(N2CCC(COc3ccc(C4=CCC(C(=O)N[C@H](C)CO)CC4)cc3)CC2)n1. The topological polar surface area (TPSA) is 101 Å². The van der Waals surface area contributed by atoms with Crippen molar-refractivity contribution in [2.24, 2.45) is 11.8 Å². The molecule has 2 heterocycles. The molecule has 0 saturated carbocycles. The summed E-state index contributed by atoms with van der Waals surface area (Å²) in [5.41, 5.74) is 2.47. The van der Waals surface area contributed by atoms with E-state index in [-0.39, 0.29) is 30.4 Å². The van der Waals surface area contributed by atoms with Crippen LogP contribution in [0.4, 0.5) is 6.01 Å². The molecule has 35 heavy (non-hydrogen) atoms. The van der Waals surface area contributed by atoms with E-state index < -0.39 is 0 Å². The fraction of sp³-hybridized carbons (Fsp3) is 0.593. The molecule has 8 heteroatoms. The second kappa shape index (κ2) is 11.7. The highest BCUT2D eigenvalue weighted by Crippen LogP contribution is 2.31. The second-order valence-electron chi connectivity index (χ2n) is 10.1. The Labute approximate surface area is 207 Å². The Balaban J connectivity index is 1.21. The molecule has 190 valence electrons. The Morgan fingerprint density at radius 2 is 1.94 bits per heavy atom. The van der Waals surface area contributed by atoms with Gasteiger partial charge in [0.15, 0.2) is 5.82 Å². The van der Waals surface area contributed by atoms with Crippen LogP contribution < -0.4 is 15.0 Å². The maximum absolute atomic E-state index is 12.3. The van der Waals surface area contributed by atoms with E-state index in [1.807, 2.05) is 19.1 Å². The molecule has 1 aliphatic carbocycles. The predicted molar refractivity (Wildman–Crippen MR) is 135 cm³/mol. The lowest BCUT2D eigenvalue weighted by Gasteiger charge is -2.30. The van der Waals surface area contributed by atoms with Crippen molar-refractivity contribution in [1.29, 1.82) is 0 Å². The van der Waals surface area contributed by atoms with Crippen LogP contribution in [-0.2, 0) is 4.79 Å². The number of carbonyl (C=O) groups excluding carboxylic acids is 1. The number of allylic oxidation sites excluding steroid dienone is 2. The monoisotopic (exact) mass is 482 g/mol. The zero-order valence-electron chi connectivity index (χ0n) is 21.1. The van der Waals surface area contributed by atoms with Gasteiger partial charge in [-0.15, -0.1) is 0 Å². The number of nitrogens with zero attached hydrogens (tertiary/aromatic N) is 3. The van der Waals surface area contributed by atoms with Gasteiger partial charge in [-0.3, -0.25) is 4.79 Å². The molecule has 4 rings (SSSR count). The summed E-state index contributed by atoms with van der Waals surface area (Å²) in [5, 5.41) is 16.1. The number of hydrogen-bond acceptors (Lipinski definition) is 7. The number of amides is 1. The smallest absolute Gasteiger partial charge is 0.324 e. The third-order valence-electron chi connectivity index (χ3n) is 6.99. The minimum absolute atomic E-state index is 0.0149. The molecule has 1 aliphatic heterocycles. The van der Waals surface area contributed by atoms with Crippen LogP contribution in [0.25, 0.3) is 5.57 Å². The molecule has 0 spiro atoms. The van der Waals surface area contributed by atoms with Crippen LogP contribution in [0.3, 0.4) is 0 Å². The summed E-state index contributed by atoms with van der Waals surface area (Å²) in [5.74, 6) is 2.45. The van der Waals surface area contributed by atoms with E-state index in [0.717, 1.165) is 56.8 Å². The van der Waals surface area contributed by atoms with Crippen molar-refractivity contribution in [1.82, 2.24) is 15.5 Å². The van der Waals surface area contributed by atoms with Gasteiger partial charge in [0.2, 0.25) is 5.91 Å². The predicted octanol–water partition coefficient (Wildman–Crippen LogP) is 4.17. The first-order valence-corrected chi connectivity index (χ1v) is 12.8. The lowest BCUT2D eigenvalue weighted by Crippen LogP contribution is -2.39. The van der Waals surface area contributed by atoms with Crippen LogP contribution in [0.15, 0.2) is 34.9 Å². The normalized spacial score (nSPS) is 20.0. The Kier molecular flexibility index (Phi) is 8.44. The largest absolute Gasteiger partial charge is 0.493 e. The lowest BCUT2D eigenvalue weighted by molar-refractivity contribution is -0.126. The van der Waals surface area contributed by atoms with E-state index in [9.17, 15) is 4.79 Å². The minimum atomic E-state index is -0.198. The summed E-state index contributed by atoms with van der Waals surface area (Å²) >= 11 is 0. The fourth-order valence-electron chi connectivity index (χ4n) is 4.60. The van der Waals surface area contributed by atoms with E-state index in [2.05, 4.69) is 52.4 Å². The molecule has 1 fully saturated rings. The molecule has 2 atom stereocenters. The number of anilines is 1. The molecular weight excluding hydrogens is 444 g/mol. The zero-order chi connectivity index (χ0) is 24.8. The molecule has 2 N–H and O–H groups in total. The molecule has 1 saturated heterocycles. The van der Waals surface area contributed by atoms with Gasteiger partial charge in [-0.05, 0) is 68.2 Å². The molecule has 8 nitrogen and oxygen atoms in total. The van der Waals surface area contributed by atoms with Crippen LogP contribution in [-0.4, -0.2) is 53.5 Å². The van der Waals surface area contributed by atoms with Crippen molar-refractivity contribution < 1.29 is 19.2 Å². The van der Waals surface area contributed by atoms with Gasteiger partial charge in [0, 0.05) is 31.0 Å². The standard InChI is InChI=1S/C27H38N4O4/c1-18(2)25-29-27(35-30-25)31-14-12-20(13-15-31)17-34-24-10-8-22(9-11-24)21-4-6-23(7-5-21)26(33)28-19(3)16-32/h4,8-11,18-20,23,32H,5-7,12-17H2,1-3H3,(H,28,33)/t19-,23?/m1/s1. The Hall–Kier alpha value is -2.87. The summed E-state index contributed by atoms with van der Waals surface area (Å²) in [6.07, 6.45) is 6.69. The number of rotatable bonds is 9. The number of carbonyl (C=O) groups is 1. The van der Waals surface area contributed by atoms with Crippen LogP contribution >= 0.6 is 0 Å². The summed E-state index contributed by atoms with van der Waals surface area (Å²) in [7, 11) is 0. The van der Waals surface area contributed by atoms with Crippen molar-refractivity contribution in [3.63, 3.8) is 0 Å². The second-order valence-corrected chi connectivity index (χ2v) is 10.1. The number of nitrogens with one attached hydrogen (secondary N) is 1. The first-order valence-electron chi connectivity index (χ1n) is 12.8. The van der Waals surface area contributed by atoms with Crippen LogP contribution in [0.1, 0.15) is 70.2 Å². The average Bonchev–Trinajstić information content (AvgIpc) is 3.39. The Morgan fingerprint density at radius 1 is 1.20 bits per heavy atom. The summed E-state index contributed by atoms with van der Waals surface area (Å²) in [4.78, 5) is 19.0. The van der Waals surface area contributed by atoms with Crippen LogP contribution in [0.2, 0.25) is 0 Å². The van der Waals surface area contributed by atoms with Crippen LogP contribution in [0, 0.1) is 11.8 Å². The number of aromatic nitrogens is 2. The van der Waals surface area contributed by atoms with Gasteiger partial charge < -0.3 is 24.6 Å². The number of hydrogen-bond donors (Lipinski definition) is 2. The number of aliphatic hydroxyl groups excluding tert-OH is 1. The number of benzene rings is 1. The van der Waals surface area contributed by atoms with Gasteiger partial charge in [-0.1, -0.05) is 37.2 Å². The number of aliphatic hydroxyl groups is 1. The Bertz CT molecular complexity index is 993. The number of piperidine rings is 1. The average molecular weight is 483 g/mol. The quantitative estimate of drug-likeness (QED) is 0.553. The molecule has 1 amide bonds. The van der Waals surface area contributed by atoms with Crippen molar-refractivity contribution in [3.8, 4) is 5.75 Å². The molecule has 1 aromatic heterocycles. The first-order chi connectivity index (χ1) is 16.9. The third-order valence-corrected chi connectivity index (χ3v) is 6.99. The molecule has 1 aromatic carbocycles. The maximum Gasteiger partial charge on any atom is 0.324 e. The highest BCUT2D eigenvalue weighted by Gasteiger charge is 2.25. The summed E-state index contributed by atoms with van der Waals surface area (Å²) < 4.78 is 11.5. The summed E-state index contributed by atoms with van der Waals surface area (Å²) in [6.45, 7) is 8.42. The van der Waals surface area contributed by atoms with E-state index in [4.69, 9.17) is 14.4 Å². The van der Waals surface area contributed by atoms with E-state index >= 15 is 0 Å². The maximum atomic E-state index is 12.3. The van der Waals surface area contributed by atoms with Gasteiger partial charge in [-0.25, -0.2) is 0 Å². The highest BCUT2D eigenvalue weighted by atomic mass is 16.5. The molecule has 0 radical (unpaired) electrons. The van der Waals surface area contributed by atoms with Crippen molar-refractivity contribution in [2.45, 2.75) is 64.8 Å². The van der Waals surface area contributed by atoms with Crippen molar-refractivity contribution in [3.05, 3.63) is 41.7 Å². The molecule has 2 aliphatic rings. The van der Waals surface area contributed by atoms with Gasteiger partial charge in [0.05, 0.1) is 13.2 Å². The molecule has 1 unspecified atom stereocenters. The Morgan fingerprint density at radius 3 is 2.54 bits per heavy atom.